The van der Waals surface area contributed by atoms with Crippen molar-refractivity contribution in [3.63, 3.8) is 0 Å². The van der Waals surface area contributed by atoms with Crippen LogP contribution in [0.4, 0.5) is 4.39 Å². The molecule has 0 fully saturated rings. The molecule has 0 unspecified atom stereocenters. The number of hydrogen-bond donors (Lipinski definition) is 0. The summed E-state index contributed by atoms with van der Waals surface area (Å²) in [6.45, 7) is 2.17. The SMILES string of the molecule is Cc1ccc(F)c(Cn2ccccc2=O)c1. The number of aryl methyl sites for hydroxylation is 1. The van der Waals surface area contributed by atoms with E-state index in [2.05, 4.69) is 0 Å². The number of benzene rings is 1. The van der Waals surface area contributed by atoms with Crippen LogP contribution in [0.5, 0.6) is 0 Å². The summed E-state index contributed by atoms with van der Waals surface area (Å²) in [6, 6.07) is 9.80. The zero-order chi connectivity index (χ0) is 11.5. The maximum atomic E-state index is 13.5. The molecular weight excluding hydrogens is 205 g/mol. The van der Waals surface area contributed by atoms with Gasteiger partial charge in [0, 0.05) is 17.8 Å². The molecule has 2 rings (SSSR count). The number of nitrogens with zero attached hydrogens (tertiary/aromatic N) is 1. The van der Waals surface area contributed by atoms with Crippen molar-refractivity contribution in [1.29, 1.82) is 0 Å². The Hall–Kier alpha value is -1.90. The summed E-state index contributed by atoms with van der Waals surface area (Å²) in [4.78, 5) is 11.5. The Bertz CT molecular complexity index is 560. The van der Waals surface area contributed by atoms with E-state index in [1.807, 2.05) is 6.92 Å². The molecule has 0 amide bonds. The Morgan fingerprint density at radius 2 is 2.06 bits per heavy atom. The average Bonchev–Trinajstić information content (AvgIpc) is 2.27. The third-order valence-corrected chi connectivity index (χ3v) is 2.44. The van der Waals surface area contributed by atoms with Crippen molar-refractivity contribution in [2.45, 2.75) is 13.5 Å². The highest BCUT2D eigenvalue weighted by molar-refractivity contribution is 5.24. The van der Waals surface area contributed by atoms with Gasteiger partial charge >= 0.3 is 0 Å². The molecule has 0 bridgehead atoms. The van der Waals surface area contributed by atoms with Crippen molar-refractivity contribution >= 4 is 0 Å². The predicted molar refractivity (Wildman–Crippen MR) is 60.9 cm³/mol. The van der Waals surface area contributed by atoms with E-state index >= 15 is 0 Å². The highest BCUT2D eigenvalue weighted by Crippen LogP contribution is 2.10. The monoisotopic (exact) mass is 217 g/mol. The van der Waals surface area contributed by atoms with Gasteiger partial charge in [-0.25, -0.2) is 4.39 Å². The molecule has 1 aromatic heterocycles. The van der Waals surface area contributed by atoms with Crippen LogP contribution in [0.25, 0.3) is 0 Å². The first-order valence-electron chi connectivity index (χ1n) is 5.07. The molecule has 2 aromatic rings. The van der Waals surface area contributed by atoms with Gasteiger partial charge in [-0.15, -0.1) is 0 Å². The van der Waals surface area contributed by atoms with Gasteiger partial charge in [-0.1, -0.05) is 23.8 Å². The predicted octanol–water partition coefficient (Wildman–Crippen LogP) is 2.34. The minimum absolute atomic E-state index is 0.122. The Morgan fingerprint density at radius 3 is 2.81 bits per heavy atom. The lowest BCUT2D eigenvalue weighted by atomic mass is 10.1. The molecule has 2 nitrogen and oxygen atoms in total. The number of aromatic nitrogens is 1. The van der Waals surface area contributed by atoms with Gasteiger partial charge in [-0.05, 0) is 19.1 Å². The summed E-state index contributed by atoms with van der Waals surface area (Å²) >= 11 is 0. The molecule has 0 saturated carbocycles. The molecule has 0 aliphatic carbocycles. The van der Waals surface area contributed by atoms with E-state index < -0.39 is 0 Å². The van der Waals surface area contributed by atoms with Crippen LogP contribution < -0.4 is 5.56 Å². The molecule has 0 aliphatic rings. The third kappa shape index (κ3) is 2.19. The average molecular weight is 217 g/mol. The second-order valence-electron chi connectivity index (χ2n) is 3.76. The van der Waals surface area contributed by atoms with Gasteiger partial charge < -0.3 is 4.57 Å². The lowest BCUT2D eigenvalue weighted by molar-refractivity contribution is 0.595. The fourth-order valence-corrected chi connectivity index (χ4v) is 1.60. The van der Waals surface area contributed by atoms with Gasteiger partial charge in [0.25, 0.3) is 5.56 Å². The van der Waals surface area contributed by atoms with E-state index in [-0.39, 0.29) is 17.9 Å². The van der Waals surface area contributed by atoms with Crippen LogP contribution in [-0.4, -0.2) is 4.57 Å². The zero-order valence-corrected chi connectivity index (χ0v) is 8.98. The van der Waals surface area contributed by atoms with E-state index in [1.165, 1.54) is 16.7 Å². The first kappa shape index (κ1) is 10.6. The molecule has 0 N–H and O–H groups in total. The summed E-state index contributed by atoms with van der Waals surface area (Å²) in [5.41, 5.74) is 1.40. The van der Waals surface area contributed by atoms with Gasteiger partial charge in [-0.2, -0.15) is 0 Å². The fraction of sp³-hybridized carbons (Fsp3) is 0.154. The van der Waals surface area contributed by atoms with E-state index in [0.717, 1.165) is 5.56 Å². The Morgan fingerprint density at radius 1 is 1.25 bits per heavy atom. The minimum atomic E-state index is -0.277. The van der Waals surface area contributed by atoms with Crippen LogP contribution in [0.1, 0.15) is 11.1 Å². The number of hydrogen-bond acceptors (Lipinski definition) is 1. The molecule has 1 heterocycles. The first-order valence-corrected chi connectivity index (χ1v) is 5.07. The Labute approximate surface area is 93.0 Å². The smallest absolute Gasteiger partial charge is 0.250 e. The summed E-state index contributed by atoms with van der Waals surface area (Å²) in [7, 11) is 0. The van der Waals surface area contributed by atoms with Crippen molar-refractivity contribution in [3.05, 3.63) is 69.9 Å². The van der Waals surface area contributed by atoms with Crippen LogP contribution in [0.2, 0.25) is 0 Å². The van der Waals surface area contributed by atoms with Gasteiger partial charge in [0.2, 0.25) is 0 Å². The van der Waals surface area contributed by atoms with Gasteiger partial charge in [0.05, 0.1) is 6.54 Å². The van der Waals surface area contributed by atoms with Crippen LogP contribution >= 0.6 is 0 Å². The third-order valence-electron chi connectivity index (χ3n) is 2.44. The minimum Gasteiger partial charge on any atom is -0.311 e. The van der Waals surface area contributed by atoms with E-state index in [9.17, 15) is 9.18 Å². The number of rotatable bonds is 2. The quantitative estimate of drug-likeness (QED) is 0.756. The van der Waals surface area contributed by atoms with Crippen molar-refractivity contribution in [2.24, 2.45) is 0 Å². The summed E-state index contributed by atoms with van der Waals surface area (Å²) < 4.78 is 15.0. The molecule has 0 radical (unpaired) electrons. The maximum absolute atomic E-state index is 13.5. The van der Waals surface area contributed by atoms with E-state index in [1.54, 1.807) is 30.5 Å². The van der Waals surface area contributed by atoms with Crippen LogP contribution in [0, 0.1) is 12.7 Å². The Balaban J connectivity index is 2.38. The highest BCUT2D eigenvalue weighted by Gasteiger charge is 2.03. The lowest BCUT2D eigenvalue weighted by Crippen LogP contribution is -2.18. The number of halogens is 1. The molecular formula is C13H12FNO. The molecule has 3 heteroatoms. The van der Waals surface area contributed by atoms with Crippen molar-refractivity contribution in [2.75, 3.05) is 0 Å². The normalized spacial score (nSPS) is 10.4. The van der Waals surface area contributed by atoms with Crippen molar-refractivity contribution in [1.82, 2.24) is 4.57 Å². The van der Waals surface area contributed by atoms with E-state index in [0.29, 0.717) is 5.56 Å². The molecule has 0 spiro atoms. The standard InChI is InChI=1S/C13H12FNO/c1-10-5-6-12(14)11(8-10)9-15-7-3-2-4-13(15)16/h2-8H,9H2,1H3. The topological polar surface area (TPSA) is 22.0 Å². The highest BCUT2D eigenvalue weighted by atomic mass is 19.1. The number of pyridine rings is 1. The zero-order valence-electron chi connectivity index (χ0n) is 8.98. The molecule has 1 aromatic carbocycles. The second-order valence-corrected chi connectivity index (χ2v) is 3.76. The summed E-state index contributed by atoms with van der Waals surface area (Å²) in [5.74, 6) is -0.277. The first-order chi connectivity index (χ1) is 7.66. The maximum Gasteiger partial charge on any atom is 0.250 e. The Kier molecular flexibility index (Phi) is 2.86. The summed E-state index contributed by atoms with van der Waals surface area (Å²) in [5, 5.41) is 0. The fourth-order valence-electron chi connectivity index (χ4n) is 1.60. The van der Waals surface area contributed by atoms with Crippen LogP contribution in [0.15, 0.2) is 47.4 Å². The van der Waals surface area contributed by atoms with E-state index in [4.69, 9.17) is 0 Å². The van der Waals surface area contributed by atoms with Gasteiger partial charge in [0.1, 0.15) is 5.82 Å². The molecule has 0 aliphatic heterocycles. The second kappa shape index (κ2) is 4.31. The van der Waals surface area contributed by atoms with Crippen LogP contribution in [-0.2, 0) is 6.54 Å². The molecule has 0 atom stereocenters. The molecule has 82 valence electrons. The lowest BCUT2D eigenvalue weighted by Gasteiger charge is -2.07. The van der Waals surface area contributed by atoms with Crippen LogP contribution in [0.3, 0.4) is 0 Å². The molecule has 0 saturated heterocycles. The summed E-state index contributed by atoms with van der Waals surface area (Å²) in [6.07, 6.45) is 1.66. The van der Waals surface area contributed by atoms with Gasteiger partial charge in [0.15, 0.2) is 0 Å². The molecule has 16 heavy (non-hydrogen) atoms. The van der Waals surface area contributed by atoms with Gasteiger partial charge in [-0.3, -0.25) is 4.79 Å². The van der Waals surface area contributed by atoms with Crippen molar-refractivity contribution in [3.8, 4) is 0 Å². The largest absolute Gasteiger partial charge is 0.311 e. The van der Waals surface area contributed by atoms with Crippen molar-refractivity contribution < 1.29 is 4.39 Å².